The van der Waals surface area contributed by atoms with Gasteiger partial charge in [-0.3, -0.25) is 0 Å². The van der Waals surface area contributed by atoms with Gasteiger partial charge in [0.25, 0.3) is 0 Å². The molecule has 0 aliphatic heterocycles. The molecule has 150 valence electrons. The highest BCUT2D eigenvalue weighted by molar-refractivity contribution is 5.68. The number of nitrogens with zero attached hydrogens (tertiary/aromatic N) is 4. The Morgan fingerprint density at radius 3 is 2.14 bits per heavy atom. The molecular formula is C17H15F6N5. The molecule has 2 heterocycles. The van der Waals surface area contributed by atoms with E-state index >= 15 is 0 Å². The van der Waals surface area contributed by atoms with E-state index in [0.29, 0.717) is 29.3 Å². The third-order valence-corrected chi connectivity index (χ3v) is 3.95. The molecule has 0 fully saturated rings. The molecule has 0 radical (unpaired) electrons. The van der Waals surface area contributed by atoms with Gasteiger partial charge in [0.1, 0.15) is 11.5 Å². The van der Waals surface area contributed by atoms with E-state index in [1.54, 1.807) is 31.4 Å². The zero-order chi connectivity index (χ0) is 20.7. The summed E-state index contributed by atoms with van der Waals surface area (Å²) in [6, 6.07) is 3.00. The molecule has 0 spiro atoms. The number of nitrogens with one attached hydrogen (secondary N) is 1. The molecule has 0 amide bonds. The van der Waals surface area contributed by atoms with Crippen LogP contribution in [0.2, 0.25) is 0 Å². The predicted molar refractivity (Wildman–Crippen MR) is 91.1 cm³/mol. The highest BCUT2D eigenvalue weighted by Crippen LogP contribution is 2.36. The normalized spacial score (nSPS) is 12.4. The quantitative estimate of drug-likeness (QED) is 0.654. The molecule has 3 rings (SSSR count). The Hall–Kier alpha value is -2.98. The summed E-state index contributed by atoms with van der Waals surface area (Å²) in [6.45, 7) is -0.262. The van der Waals surface area contributed by atoms with Crippen LogP contribution in [0.25, 0.3) is 5.65 Å². The number of rotatable bonds is 4. The third-order valence-electron chi connectivity index (χ3n) is 3.95. The van der Waals surface area contributed by atoms with Gasteiger partial charge in [-0.25, -0.2) is 9.50 Å². The summed E-state index contributed by atoms with van der Waals surface area (Å²) in [5, 5.41) is 6.87. The van der Waals surface area contributed by atoms with E-state index in [-0.39, 0.29) is 18.2 Å². The molecule has 2 aromatic heterocycles. The monoisotopic (exact) mass is 403 g/mol. The first kappa shape index (κ1) is 19.8. The molecule has 0 atom stereocenters. The third kappa shape index (κ3) is 4.12. The van der Waals surface area contributed by atoms with E-state index in [0.717, 1.165) is 0 Å². The van der Waals surface area contributed by atoms with E-state index in [1.165, 1.54) is 10.6 Å². The maximum Gasteiger partial charge on any atom is 0.416 e. The summed E-state index contributed by atoms with van der Waals surface area (Å²) in [5.74, 6) is 0.294. The minimum absolute atomic E-state index is 0.101. The van der Waals surface area contributed by atoms with Gasteiger partial charge in [0.15, 0.2) is 5.65 Å². The smallest absolute Gasteiger partial charge is 0.373 e. The van der Waals surface area contributed by atoms with Crippen LogP contribution in [0.3, 0.4) is 0 Å². The van der Waals surface area contributed by atoms with Crippen molar-refractivity contribution in [3.8, 4) is 0 Å². The Kier molecular flexibility index (Phi) is 4.86. The van der Waals surface area contributed by atoms with Crippen molar-refractivity contribution in [2.75, 3.05) is 24.3 Å². The topological polar surface area (TPSA) is 45.5 Å². The molecule has 11 heteroatoms. The van der Waals surface area contributed by atoms with Crippen LogP contribution < -0.4 is 10.2 Å². The standard InChI is InChI=1S/C17H15F6N5/c1-27(2)13-9-25-28-4-3-14(26-15(13)28)24-8-10-5-11(16(18,19)20)7-12(6-10)17(21,22)23/h3-7,9H,8H2,1-2H3,(H,24,26). The van der Waals surface area contributed by atoms with Crippen molar-refractivity contribution in [2.45, 2.75) is 18.9 Å². The zero-order valence-electron chi connectivity index (χ0n) is 14.7. The van der Waals surface area contributed by atoms with Gasteiger partial charge in [-0.05, 0) is 29.8 Å². The Bertz CT molecular complexity index is 958. The van der Waals surface area contributed by atoms with E-state index < -0.39 is 23.5 Å². The average Bonchev–Trinajstić information content (AvgIpc) is 3.01. The summed E-state index contributed by atoms with van der Waals surface area (Å²) >= 11 is 0. The summed E-state index contributed by atoms with van der Waals surface area (Å²) < 4.78 is 79.2. The molecule has 5 nitrogen and oxygen atoms in total. The summed E-state index contributed by atoms with van der Waals surface area (Å²) in [4.78, 5) is 6.10. The van der Waals surface area contributed by atoms with Gasteiger partial charge >= 0.3 is 12.4 Å². The van der Waals surface area contributed by atoms with Crippen LogP contribution in [-0.4, -0.2) is 28.7 Å². The molecule has 0 aliphatic carbocycles. The Morgan fingerprint density at radius 2 is 1.61 bits per heavy atom. The van der Waals surface area contributed by atoms with Gasteiger partial charge in [-0.15, -0.1) is 0 Å². The van der Waals surface area contributed by atoms with Crippen LogP contribution in [0.4, 0.5) is 37.8 Å². The van der Waals surface area contributed by atoms with Crippen molar-refractivity contribution >= 4 is 17.2 Å². The maximum absolute atomic E-state index is 12.9. The van der Waals surface area contributed by atoms with Gasteiger partial charge in [0.05, 0.1) is 17.3 Å². The number of benzene rings is 1. The van der Waals surface area contributed by atoms with E-state index in [9.17, 15) is 26.3 Å². The molecule has 0 saturated heterocycles. The van der Waals surface area contributed by atoms with Crippen molar-refractivity contribution in [3.05, 3.63) is 53.3 Å². The first-order valence-electron chi connectivity index (χ1n) is 7.99. The van der Waals surface area contributed by atoms with Crippen molar-refractivity contribution in [3.63, 3.8) is 0 Å². The fourth-order valence-corrected chi connectivity index (χ4v) is 2.58. The summed E-state index contributed by atoms with van der Waals surface area (Å²) in [7, 11) is 3.58. The van der Waals surface area contributed by atoms with Crippen LogP contribution in [-0.2, 0) is 18.9 Å². The number of halogens is 6. The minimum Gasteiger partial charge on any atom is -0.373 e. The van der Waals surface area contributed by atoms with Crippen molar-refractivity contribution in [1.29, 1.82) is 0 Å². The number of anilines is 2. The van der Waals surface area contributed by atoms with Crippen LogP contribution in [0.1, 0.15) is 16.7 Å². The lowest BCUT2D eigenvalue weighted by Crippen LogP contribution is -2.13. The van der Waals surface area contributed by atoms with Crippen molar-refractivity contribution in [2.24, 2.45) is 0 Å². The molecule has 0 saturated carbocycles. The van der Waals surface area contributed by atoms with Gasteiger partial charge in [-0.1, -0.05) is 0 Å². The first-order valence-corrected chi connectivity index (χ1v) is 7.99. The van der Waals surface area contributed by atoms with Gasteiger partial charge < -0.3 is 10.2 Å². The van der Waals surface area contributed by atoms with Gasteiger partial charge in [-0.2, -0.15) is 31.4 Å². The summed E-state index contributed by atoms with van der Waals surface area (Å²) in [5.41, 5.74) is -1.66. The second-order valence-corrected chi connectivity index (χ2v) is 6.27. The lowest BCUT2D eigenvalue weighted by molar-refractivity contribution is -0.143. The first-order chi connectivity index (χ1) is 12.9. The van der Waals surface area contributed by atoms with E-state index in [4.69, 9.17) is 0 Å². The van der Waals surface area contributed by atoms with E-state index in [1.807, 2.05) is 0 Å². The van der Waals surface area contributed by atoms with E-state index in [2.05, 4.69) is 15.4 Å². The number of hydrogen-bond acceptors (Lipinski definition) is 4. The second kappa shape index (κ2) is 6.88. The lowest BCUT2D eigenvalue weighted by atomic mass is 10.0. The predicted octanol–water partition coefficient (Wildman–Crippen LogP) is 4.45. The molecule has 3 aromatic rings. The SMILES string of the molecule is CN(C)c1cnn2ccc(NCc3cc(C(F)(F)F)cc(C(F)(F)F)c3)nc12. The van der Waals surface area contributed by atoms with Crippen molar-refractivity contribution < 1.29 is 26.3 Å². The fraction of sp³-hybridized carbons (Fsp3) is 0.294. The maximum atomic E-state index is 12.9. The lowest BCUT2D eigenvalue weighted by Gasteiger charge is -2.15. The average molecular weight is 403 g/mol. The molecule has 28 heavy (non-hydrogen) atoms. The van der Waals surface area contributed by atoms with Crippen LogP contribution in [0.5, 0.6) is 0 Å². The van der Waals surface area contributed by atoms with Crippen LogP contribution >= 0.6 is 0 Å². The number of aromatic nitrogens is 3. The highest BCUT2D eigenvalue weighted by Gasteiger charge is 2.36. The van der Waals surface area contributed by atoms with Crippen LogP contribution in [0.15, 0.2) is 36.7 Å². The number of hydrogen-bond donors (Lipinski definition) is 1. The molecular weight excluding hydrogens is 388 g/mol. The molecule has 0 bridgehead atoms. The van der Waals surface area contributed by atoms with Crippen molar-refractivity contribution in [1.82, 2.24) is 14.6 Å². The molecule has 0 aliphatic rings. The second-order valence-electron chi connectivity index (χ2n) is 6.27. The van der Waals surface area contributed by atoms with Gasteiger partial charge in [0, 0.05) is 26.8 Å². The Morgan fingerprint density at radius 1 is 1.00 bits per heavy atom. The molecule has 0 unspecified atom stereocenters. The number of fused-ring (bicyclic) bond motifs is 1. The summed E-state index contributed by atoms with van der Waals surface area (Å²) in [6.07, 6.45) is -6.59. The Labute approximate surface area is 155 Å². The fourth-order valence-electron chi connectivity index (χ4n) is 2.58. The highest BCUT2D eigenvalue weighted by atomic mass is 19.4. The largest absolute Gasteiger partial charge is 0.416 e. The zero-order valence-corrected chi connectivity index (χ0v) is 14.7. The van der Waals surface area contributed by atoms with Gasteiger partial charge in [0.2, 0.25) is 0 Å². The minimum atomic E-state index is -4.88. The molecule has 1 aromatic carbocycles. The number of alkyl halides is 6. The molecule has 1 N–H and O–H groups in total. The van der Waals surface area contributed by atoms with Crippen LogP contribution in [0, 0.1) is 0 Å². The Balaban J connectivity index is 1.89.